The molecule has 1 aromatic heterocycles. The van der Waals surface area contributed by atoms with E-state index in [0.717, 1.165) is 42.1 Å². The molecule has 0 radical (unpaired) electrons. The molecule has 2 heterocycles. The molecule has 4 N–H and O–H groups in total. The molecule has 0 saturated carbocycles. The van der Waals surface area contributed by atoms with Crippen molar-refractivity contribution in [1.29, 1.82) is 0 Å². The van der Waals surface area contributed by atoms with Crippen molar-refractivity contribution >= 4 is 34.0 Å². The summed E-state index contributed by atoms with van der Waals surface area (Å²) in [7, 11) is 4.68. The van der Waals surface area contributed by atoms with Gasteiger partial charge in [0.15, 0.2) is 0 Å². The number of carbonyl (C=O) groups is 2. The van der Waals surface area contributed by atoms with Crippen molar-refractivity contribution in [3.8, 4) is 27.7 Å². The number of anilines is 2. The molecule has 2 aromatic carbocycles. The number of urea groups is 1. The number of ether oxygens (including phenoxy) is 3. The number of hydrogen-bond donors (Lipinski definition) is 4. The van der Waals surface area contributed by atoms with Crippen LogP contribution in [0.1, 0.15) is 23.2 Å². The van der Waals surface area contributed by atoms with Gasteiger partial charge in [-0.05, 0) is 67.4 Å². The molecule has 1 atom stereocenters. The first kappa shape index (κ1) is 25.3. The molecular formula is C26H30N4O5S. The van der Waals surface area contributed by atoms with Crippen LogP contribution in [0.25, 0.3) is 10.4 Å². The van der Waals surface area contributed by atoms with Gasteiger partial charge in [-0.1, -0.05) is 0 Å². The number of hydrogen-bond acceptors (Lipinski definition) is 7. The van der Waals surface area contributed by atoms with Crippen molar-refractivity contribution < 1.29 is 23.8 Å². The lowest BCUT2D eigenvalue weighted by atomic mass is 10.1. The topological polar surface area (TPSA) is 110 Å². The van der Waals surface area contributed by atoms with Crippen molar-refractivity contribution in [1.82, 2.24) is 10.6 Å². The predicted octanol–water partition coefficient (Wildman–Crippen LogP) is 4.57. The summed E-state index contributed by atoms with van der Waals surface area (Å²) >= 11 is 1.33. The van der Waals surface area contributed by atoms with E-state index in [2.05, 4.69) is 21.3 Å². The molecule has 0 aliphatic carbocycles. The monoisotopic (exact) mass is 510 g/mol. The highest BCUT2D eigenvalue weighted by Gasteiger charge is 2.23. The number of methoxy groups -OCH3 is 3. The van der Waals surface area contributed by atoms with Gasteiger partial charge in [0.05, 0.1) is 32.6 Å². The van der Waals surface area contributed by atoms with E-state index < -0.39 is 6.03 Å². The minimum absolute atomic E-state index is 0.0401. The van der Waals surface area contributed by atoms with E-state index in [1.807, 2.05) is 24.3 Å². The Morgan fingerprint density at radius 1 is 0.944 bits per heavy atom. The van der Waals surface area contributed by atoms with E-state index in [4.69, 9.17) is 14.2 Å². The smallest absolute Gasteiger partial charge is 0.324 e. The highest BCUT2D eigenvalue weighted by atomic mass is 32.1. The standard InChI is InChI=1S/C26H30N4O5S/c1-33-18-8-6-16(7-9-18)23-14-20(24(31)28-17-5-4-12-27-15-17)25(36-23)30-26(32)29-21-13-19(34-2)10-11-22(21)35-3/h6-11,13-14,17,27H,4-5,12,15H2,1-3H3,(H,28,31)(H2,29,30,32). The Kier molecular flexibility index (Phi) is 8.29. The number of carbonyl (C=O) groups excluding carboxylic acids is 2. The van der Waals surface area contributed by atoms with E-state index in [9.17, 15) is 9.59 Å². The molecule has 1 aliphatic rings. The number of benzene rings is 2. The molecule has 1 fully saturated rings. The number of nitrogens with one attached hydrogen (secondary N) is 4. The lowest BCUT2D eigenvalue weighted by Gasteiger charge is -2.23. The number of piperidine rings is 1. The van der Waals surface area contributed by atoms with Gasteiger partial charge >= 0.3 is 6.03 Å². The normalized spacial score (nSPS) is 15.0. The first-order valence-corrected chi connectivity index (χ1v) is 12.4. The minimum Gasteiger partial charge on any atom is -0.497 e. The van der Waals surface area contributed by atoms with Gasteiger partial charge in [0.1, 0.15) is 22.2 Å². The number of amides is 3. The number of thiophene rings is 1. The van der Waals surface area contributed by atoms with Crippen LogP contribution in [0, 0.1) is 0 Å². The lowest BCUT2D eigenvalue weighted by molar-refractivity contribution is 0.0932. The summed E-state index contributed by atoms with van der Waals surface area (Å²) in [5.41, 5.74) is 1.77. The van der Waals surface area contributed by atoms with Crippen molar-refractivity contribution in [3.05, 3.63) is 54.1 Å². The zero-order valence-corrected chi connectivity index (χ0v) is 21.3. The average molecular weight is 511 g/mol. The molecule has 0 bridgehead atoms. The maximum absolute atomic E-state index is 13.2. The highest BCUT2D eigenvalue weighted by molar-refractivity contribution is 7.20. The molecule has 1 saturated heterocycles. The molecule has 9 nitrogen and oxygen atoms in total. The molecular weight excluding hydrogens is 480 g/mol. The van der Waals surface area contributed by atoms with Crippen LogP contribution in [-0.4, -0.2) is 52.4 Å². The summed E-state index contributed by atoms with van der Waals surface area (Å²) in [6.07, 6.45) is 1.91. The van der Waals surface area contributed by atoms with E-state index in [-0.39, 0.29) is 11.9 Å². The van der Waals surface area contributed by atoms with Crippen LogP contribution in [0.2, 0.25) is 0 Å². The Balaban J connectivity index is 1.59. The van der Waals surface area contributed by atoms with Crippen molar-refractivity contribution in [3.63, 3.8) is 0 Å². The van der Waals surface area contributed by atoms with Gasteiger partial charge in [0, 0.05) is 23.5 Å². The fraction of sp³-hybridized carbons (Fsp3) is 0.308. The molecule has 3 aromatic rings. The second-order valence-electron chi connectivity index (χ2n) is 8.24. The van der Waals surface area contributed by atoms with Gasteiger partial charge in [-0.3, -0.25) is 10.1 Å². The van der Waals surface area contributed by atoms with E-state index in [1.54, 1.807) is 38.5 Å². The van der Waals surface area contributed by atoms with Gasteiger partial charge in [-0.25, -0.2) is 4.79 Å². The molecule has 190 valence electrons. The molecule has 4 rings (SSSR count). The fourth-order valence-corrected chi connectivity index (χ4v) is 5.01. The van der Waals surface area contributed by atoms with Gasteiger partial charge in [-0.15, -0.1) is 11.3 Å². The third kappa shape index (κ3) is 6.07. The second kappa shape index (κ2) is 11.8. The molecule has 1 aliphatic heterocycles. The second-order valence-corrected chi connectivity index (χ2v) is 9.30. The molecule has 36 heavy (non-hydrogen) atoms. The Bertz CT molecular complexity index is 1210. The maximum atomic E-state index is 13.2. The van der Waals surface area contributed by atoms with Gasteiger partial charge in [0.2, 0.25) is 0 Å². The molecule has 10 heteroatoms. The number of rotatable bonds is 8. The largest absolute Gasteiger partial charge is 0.497 e. The van der Waals surface area contributed by atoms with Crippen molar-refractivity contribution in [2.45, 2.75) is 18.9 Å². The summed E-state index contributed by atoms with van der Waals surface area (Å²) in [5.74, 6) is 1.57. The van der Waals surface area contributed by atoms with E-state index >= 15 is 0 Å². The van der Waals surface area contributed by atoms with Crippen LogP contribution in [0.15, 0.2) is 48.5 Å². The van der Waals surface area contributed by atoms with Crippen LogP contribution in [0.3, 0.4) is 0 Å². The lowest BCUT2D eigenvalue weighted by Crippen LogP contribution is -2.45. The minimum atomic E-state index is -0.502. The van der Waals surface area contributed by atoms with E-state index in [0.29, 0.717) is 27.8 Å². The average Bonchev–Trinajstić information content (AvgIpc) is 3.33. The van der Waals surface area contributed by atoms with Crippen LogP contribution >= 0.6 is 11.3 Å². The van der Waals surface area contributed by atoms with Gasteiger partial charge in [0.25, 0.3) is 5.91 Å². The molecule has 0 spiro atoms. The summed E-state index contributed by atoms with van der Waals surface area (Å²) < 4.78 is 15.9. The van der Waals surface area contributed by atoms with Crippen molar-refractivity contribution in [2.75, 3.05) is 45.1 Å². The van der Waals surface area contributed by atoms with Crippen LogP contribution in [0.4, 0.5) is 15.5 Å². The van der Waals surface area contributed by atoms with Crippen LogP contribution < -0.4 is 35.5 Å². The summed E-state index contributed by atoms with van der Waals surface area (Å²) in [4.78, 5) is 27.1. The van der Waals surface area contributed by atoms with Crippen LogP contribution in [0.5, 0.6) is 17.2 Å². The Morgan fingerprint density at radius 3 is 2.36 bits per heavy atom. The Labute approximate surface area is 214 Å². The maximum Gasteiger partial charge on any atom is 0.324 e. The Hall–Kier alpha value is -3.76. The Morgan fingerprint density at radius 2 is 1.69 bits per heavy atom. The van der Waals surface area contributed by atoms with Crippen LogP contribution in [-0.2, 0) is 0 Å². The zero-order valence-electron chi connectivity index (χ0n) is 20.5. The SMILES string of the molecule is COc1ccc(-c2cc(C(=O)NC3CCCNC3)c(NC(=O)Nc3cc(OC)ccc3OC)s2)cc1. The summed E-state index contributed by atoms with van der Waals surface area (Å²) in [5, 5.41) is 12.5. The third-order valence-corrected chi connectivity index (χ3v) is 6.96. The fourth-order valence-electron chi connectivity index (χ4n) is 3.96. The molecule has 1 unspecified atom stereocenters. The van der Waals surface area contributed by atoms with E-state index in [1.165, 1.54) is 18.4 Å². The first-order chi connectivity index (χ1) is 17.5. The highest BCUT2D eigenvalue weighted by Crippen LogP contribution is 2.37. The molecule has 3 amide bonds. The zero-order chi connectivity index (χ0) is 25.5. The van der Waals surface area contributed by atoms with Gasteiger partial charge in [-0.2, -0.15) is 0 Å². The van der Waals surface area contributed by atoms with Gasteiger partial charge < -0.3 is 30.2 Å². The third-order valence-electron chi connectivity index (χ3n) is 5.87. The predicted molar refractivity (Wildman–Crippen MR) is 142 cm³/mol. The van der Waals surface area contributed by atoms with Crippen molar-refractivity contribution in [2.24, 2.45) is 0 Å². The quantitative estimate of drug-likeness (QED) is 0.354. The summed E-state index contributed by atoms with van der Waals surface area (Å²) in [6.45, 7) is 1.67. The summed E-state index contributed by atoms with van der Waals surface area (Å²) in [6, 6.07) is 14.0. The first-order valence-electron chi connectivity index (χ1n) is 11.6.